The molecule has 13 heavy (non-hydrogen) atoms. The van der Waals surface area contributed by atoms with Crippen LogP contribution in [-0.2, 0) is 6.42 Å². The van der Waals surface area contributed by atoms with Crippen molar-refractivity contribution in [3.05, 3.63) is 29.3 Å². The van der Waals surface area contributed by atoms with Crippen LogP contribution < -0.4 is 0 Å². The zero-order valence-corrected chi connectivity index (χ0v) is 6.93. The van der Waals surface area contributed by atoms with Gasteiger partial charge in [-0.1, -0.05) is 0 Å². The molecule has 0 aliphatic rings. The van der Waals surface area contributed by atoms with E-state index < -0.39 is 17.4 Å². The van der Waals surface area contributed by atoms with Gasteiger partial charge in [-0.15, -0.1) is 0 Å². The predicted molar refractivity (Wildman–Crippen MR) is 43.4 cm³/mol. The highest BCUT2D eigenvalue weighted by Crippen LogP contribution is 2.20. The Morgan fingerprint density at radius 2 is 1.85 bits per heavy atom. The van der Waals surface area contributed by atoms with E-state index in [1.807, 2.05) is 0 Å². The summed E-state index contributed by atoms with van der Waals surface area (Å²) in [5.74, 6) is -2.17. The summed E-state index contributed by atoms with van der Waals surface area (Å²) >= 11 is 0. The monoisotopic (exact) mass is 188 g/mol. The minimum Gasteiger partial charge on any atom is -0.505 e. The lowest BCUT2D eigenvalue weighted by atomic mass is 10.1. The first-order valence-electron chi connectivity index (χ1n) is 3.93. The van der Waals surface area contributed by atoms with Gasteiger partial charge in [0.05, 0.1) is 0 Å². The lowest BCUT2D eigenvalue weighted by Gasteiger charge is -2.03. The van der Waals surface area contributed by atoms with Crippen LogP contribution in [0.1, 0.15) is 12.0 Å². The average molecular weight is 188 g/mol. The third-order valence-electron chi connectivity index (χ3n) is 1.72. The largest absolute Gasteiger partial charge is 0.505 e. The van der Waals surface area contributed by atoms with Gasteiger partial charge >= 0.3 is 0 Å². The maximum atomic E-state index is 12.9. The molecule has 1 rings (SSSR count). The Bertz CT molecular complexity index is 300. The van der Waals surface area contributed by atoms with Crippen LogP contribution in [0.3, 0.4) is 0 Å². The van der Waals surface area contributed by atoms with Crippen molar-refractivity contribution in [2.24, 2.45) is 0 Å². The molecule has 72 valence electrons. The first-order valence-corrected chi connectivity index (χ1v) is 3.93. The van der Waals surface area contributed by atoms with E-state index in [1.165, 1.54) is 0 Å². The first-order chi connectivity index (χ1) is 6.15. The van der Waals surface area contributed by atoms with Gasteiger partial charge < -0.3 is 10.2 Å². The number of hydrogen-bond donors (Lipinski definition) is 2. The fourth-order valence-electron chi connectivity index (χ4n) is 1.04. The van der Waals surface area contributed by atoms with Gasteiger partial charge in [0.1, 0.15) is 5.82 Å². The molecule has 0 aliphatic heterocycles. The molecular weight excluding hydrogens is 178 g/mol. The minimum absolute atomic E-state index is 0.0675. The molecule has 0 saturated carbocycles. The number of phenols is 1. The molecule has 0 aliphatic carbocycles. The summed E-state index contributed by atoms with van der Waals surface area (Å²) in [5, 5.41) is 17.3. The number of aromatic hydroxyl groups is 1. The molecule has 1 aromatic carbocycles. The molecule has 0 radical (unpaired) electrons. The van der Waals surface area contributed by atoms with Crippen molar-refractivity contribution in [3.63, 3.8) is 0 Å². The van der Waals surface area contributed by atoms with E-state index in [4.69, 9.17) is 10.2 Å². The maximum absolute atomic E-state index is 12.9. The second-order valence-corrected chi connectivity index (χ2v) is 2.72. The first kappa shape index (κ1) is 9.92. The lowest BCUT2D eigenvalue weighted by Crippen LogP contribution is -1.95. The molecule has 0 spiro atoms. The number of rotatable bonds is 3. The van der Waals surface area contributed by atoms with E-state index in [9.17, 15) is 8.78 Å². The van der Waals surface area contributed by atoms with Crippen molar-refractivity contribution in [3.8, 4) is 5.75 Å². The van der Waals surface area contributed by atoms with Crippen LogP contribution >= 0.6 is 0 Å². The number of aliphatic hydroxyl groups is 1. The van der Waals surface area contributed by atoms with Crippen LogP contribution in [-0.4, -0.2) is 16.8 Å². The highest BCUT2D eigenvalue weighted by Gasteiger charge is 2.08. The topological polar surface area (TPSA) is 40.5 Å². The van der Waals surface area contributed by atoms with Gasteiger partial charge in [-0.2, -0.15) is 0 Å². The van der Waals surface area contributed by atoms with Crippen LogP contribution in [0.2, 0.25) is 0 Å². The summed E-state index contributed by atoms with van der Waals surface area (Å²) in [6, 6.07) is 1.68. The second-order valence-electron chi connectivity index (χ2n) is 2.72. The van der Waals surface area contributed by atoms with E-state index in [2.05, 4.69) is 0 Å². The van der Waals surface area contributed by atoms with Crippen LogP contribution in [0, 0.1) is 11.6 Å². The van der Waals surface area contributed by atoms with E-state index in [0.717, 1.165) is 12.1 Å². The third kappa shape index (κ3) is 2.39. The smallest absolute Gasteiger partial charge is 0.165 e. The van der Waals surface area contributed by atoms with E-state index >= 15 is 0 Å². The zero-order valence-electron chi connectivity index (χ0n) is 6.93. The molecule has 0 fully saturated rings. The molecule has 0 heterocycles. The van der Waals surface area contributed by atoms with Crippen molar-refractivity contribution in [2.45, 2.75) is 12.8 Å². The summed E-state index contributed by atoms with van der Waals surface area (Å²) in [5.41, 5.74) is 0.171. The van der Waals surface area contributed by atoms with Crippen LogP contribution in [0.25, 0.3) is 0 Å². The van der Waals surface area contributed by atoms with Gasteiger partial charge in [0.15, 0.2) is 11.6 Å². The number of halogens is 2. The summed E-state index contributed by atoms with van der Waals surface area (Å²) in [7, 11) is 0. The number of aryl methyl sites for hydroxylation is 1. The van der Waals surface area contributed by atoms with Crippen molar-refractivity contribution >= 4 is 0 Å². The molecule has 0 atom stereocenters. The molecule has 0 saturated heterocycles. The Morgan fingerprint density at radius 1 is 1.15 bits per heavy atom. The normalized spacial score (nSPS) is 10.4. The van der Waals surface area contributed by atoms with E-state index in [1.54, 1.807) is 0 Å². The Balaban J connectivity index is 2.88. The molecule has 0 bridgehead atoms. The molecule has 0 aromatic heterocycles. The molecular formula is C9H10F2O2. The summed E-state index contributed by atoms with van der Waals surface area (Å²) in [4.78, 5) is 0. The molecule has 2 N–H and O–H groups in total. The Hall–Kier alpha value is -1.16. The van der Waals surface area contributed by atoms with Crippen LogP contribution in [0.4, 0.5) is 8.78 Å². The quantitative estimate of drug-likeness (QED) is 0.756. The highest BCUT2D eigenvalue weighted by atomic mass is 19.1. The van der Waals surface area contributed by atoms with Crippen molar-refractivity contribution in [1.29, 1.82) is 0 Å². The van der Waals surface area contributed by atoms with Gasteiger partial charge in [0.25, 0.3) is 0 Å². The number of phenolic OH excluding ortho intramolecular Hbond substituents is 1. The summed E-state index contributed by atoms with van der Waals surface area (Å²) in [6.07, 6.45) is 0.640. The maximum Gasteiger partial charge on any atom is 0.165 e. The Kier molecular flexibility index (Phi) is 3.19. The van der Waals surface area contributed by atoms with Gasteiger partial charge in [0.2, 0.25) is 0 Å². The fourth-order valence-corrected chi connectivity index (χ4v) is 1.04. The van der Waals surface area contributed by atoms with Gasteiger partial charge in [-0.05, 0) is 24.5 Å². The minimum atomic E-state index is -0.839. The predicted octanol–water partition coefficient (Wildman–Crippen LogP) is 1.60. The van der Waals surface area contributed by atoms with Crippen molar-refractivity contribution in [2.75, 3.05) is 6.61 Å². The molecule has 4 heteroatoms. The zero-order chi connectivity index (χ0) is 9.84. The fraction of sp³-hybridized carbons (Fsp3) is 0.333. The number of aliphatic hydroxyl groups excluding tert-OH is 1. The number of hydrogen-bond acceptors (Lipinski definition) is 2. The average Bonchev–Trinajstić information content (AvgIpc) is 2.09. The Labute approximate surface area is 74.4 Å². The SMILES string of the molecule is OCCCc1cc(F)c(O)cc1F. The third-order valence-corrected chi connectivity index (χ3v) is 1.72. The van der Waals surface area contributed by atoms with E-state index in [-0.39, 0.29) is 18.6 Å². The Morgan fingerprint density at radius 3 is 2.46 bits per heavy atom. The van der Waals surface area contributed by atoms with Crippen LogP contribution in [0.5, 0.6) is 5.75 Å². The lowest BCUT2D eigenvalue weighted by molar-refractivity contribution is 0.288. The number of benzene rings is 1. The standard InChI is InChI=1S/C9H10F2O2/c10-7-5-9(13)8(11)4-6(7)2-1-3-12/h4-5,12-13H,1-3H2. The van der Waals surface area contributed by atoms with Gasteiger partial charge in [-0.3, -0.25) is 0 Å². The van der Waals surface area contributed by atoms with Crippen molar-refractivity contribution in [1.82, 2.24) is 0 Å². The van der Waals surface area contributed by atoms with Crippen molar-refractivity contribution < 1.29 is 19.0 Å². The van der Waals surface area contributed by atoms with Gasteiger partial charge in [-0.25, -0.2) is 8.78 Å². The van der Waals surface area contributed by atoms with E-state index in [0.29, 0.717) is 6.42 Å². The summed E-state index contributed by atoms with van der Waals surface area (Å²) < 4.78 is 25.7. The molecule has 0 amide bonds. The molecule has 2 nitrogen and oxygen atoms in total. The van der Waals surface area contributed by atoms with Crippen LogP contribution in [0.15, 0.2) is 12.1 Å². The second kappa shape index (κ2) is 4.18. The summed E-state index contributed by atoms with van der Waals surface area (Å²) in [6.45, 7) is -0.0675. The molecule has 1 aromatic rings. The molecule has 0 unspecified atom stereocenters. The van der Waals surface area contributed by atoms with Gasteiger partial charge in [0, 0.05) is 12.7 Å². The highest BCUT2D eigenvalue weighted by molar-refractivity contribution is 5.29.